The number of ether oxygens (including phenoxy) is 1. The molecule has 2 heterocycles. The number of aromatic nitrogens is 2. The minimum absolute atomic E-state index is 0.0178. The Morgan fingerprint density at radius 2 is 1.84 bits per heavy atom. The second-order valence-corrected chi connectivity index (χ2v) is 5.93. The second-order valence-electron chi connectivity index (χ2n) is 5.93. The number of rotatable bonds is 5. The number of pyridine rings is 2. The number of carboxylic acids is 1. The van der Waals surface area contributed by atoms with Gasteiger partial charge in [0, 0.05) is 17.6 Å². The van der Waals surface area contributed by atoms with E-state index in [9.17, 15) is 9.59 Å². The topological polar surface area (TPSA) is 80.4 Å². The van der Waals surface area contributed by atoms with Gasteiger partial charge in [0.05, 0.1) is 18.2 Å². The van der Waals surface area contributed by atoms with E-state index in [0.29, 0.717) is 0 Å². The van der Waals surface area contributed by atoms with Crippen LogP contribution in [0.5, 0.6) is 0 Å². The molecule has 0 unspecified atom stereocenters. The van der Waals surface area contributed by atoms with E-state index < -0.39 is 11.9 Å². The number of carboxylic acid groups (broad SMARTS) is 1. The van der Waals surface area contributed by atoms with Gasteiger partial charge in [0.1, 0.15) is 5.52 Å². The summed E-state index contributed by atoms with van der Waals surface area (Å²) < 4.78 is 7.07. The average molecular weight is 339 g/mol. The van der Waals surface area contributed by atoms with Crippen molar-refractivity contribution in [2.24, 2.45) is 0 Å². The van der Waals surface area contributed by atoms with E-state index >= 15 is 0 Å². The summed E-state index contributed by atoms with van der Waals surface area (Å²) in [5.41, 5.74) is 4.07. The Hall–Kier alpha value is -3.02. The molecular formula is C19H19N2O4+. The van der Waals surface area contributed by atoms with Crippen LogP contribution in [0.25, 0.3) is 21.8 Å². The van der Waals surface area contributed by atoms with Crippen LogP contribution >= 0.6 is 0 Å². The molecule has 0 aliphatic heterocycles. The van der Waals surface area contributed by atoms with Crippen LogP contribution in [0.1, 0.15) is 24.0 Å². The second kappa shape index (κ2) is 6.84. The van der Waals surface area contributed by atoms with E-state index in [1.165, 1.54) is 5.56 Å². The molecule has 0 atom stereocenters. The summed E-state index contributed by atoms with van der Waals surface area (Å²) in [6.07, 6.45) is 3.20. The summed E-state index contributed by atoms with van der Waals surface area (Å²) in [6.45, 7) is 4.15. The van der Waals surface area contributed by atoms with Crippen molar-refractivity contribution in [3.8, 4) is 0 Å². The zero-order valence-electron chi connectivity index (χ0n) is 14.2. The van der Waals surface area contributed by atoms with Crippen LogP contribution in [-0.4, -0.2) is 22.0 Å². The fraction of sp³-hybridized carbons (Fsp3) is 0.263. The minimum Gasteiger partial charge on any atom is -0.481 e. The average Bonchev–Trinajstić information content (AvgIpc) is 2.62. The molecular weight excluding hydrogens is 320 g/mol. The Balaban J connectivity index is 2.02. The van der Waals surface area contributed by atoms with Gasteiger partial charge in [0.2, 0.25) is 5.52 Å². The van der Waals surface area contributed by atoms with E-state index in [1.807, 2.05) is 35.0 Å². The van der Waals surface area contributed by atoms with Crippen LogP contribution in [0, 0.1) is 13.8 Å². The molecule has 6 nitrogen and oxygen atoms in total. The van der Waals surface area contributed by atoms with Gasteiger partial charge in [-0.3, -0.25) is 9.59 Å². The van der Waals surface area contributed by atoms with E-state index in [4.69, 9.17) is 9.84 Å². The standard InChI is InChI=1S/C19H18N2O4/c1-12-13(2)15-6-4-10-21(11-25-17(24)8-7-16(22)23)19(15)18-14(12)5-3-9-20-18/h3-6,9-10H,7-8,11H2,1-2H3/p+1. The molecule has 6 heteroatoms. The maximum atomic E-state index is 11.7. The van der Waals surface area contributed by atoms with Crippen molar-refractivity contribution in [2.45, 2.75) is 33.4 Å². The highest BCUT2D eigenvalue weighted by Gasteiger charge is 2.19. The van der Waals surface area contributed by atoms with Gasteiger partial charge in [0.15, 0.2) is 6.20 Å². The molecule has 0 saturated heterocycles. The molecule has 0 fully saturated rings. The molecule has 2 aromatic heterocycles. The number of aliphatic carboxylic acids is 1. The molecule has 0 aliphatic carbocycles. The maximum Gasteiger partial charge on any atom is 0.311 e. The molecule has 0 bridgehead atoms. The number of carbonyl (C=O) groups excluding carboxylic acids is 1. The van der Waals surface area contributed by atoms with Crippen LogP contribution in [0.3, 0.4) is 0 Å². The lowest BCUT2D eigenvalue weighted by atomic mass is 9.98. The van der Waals surface area contributed by atoms with Crippen LogP contribution in [-0.2, 0) is 21.1 Å². The number of esters is 1. The molecule has 3 rings (SSSR count). The summed E-state index contributed by atoms with van der Waals surface area (Å²) in [7, 11) is 0. The fourth-order valence-corrected chi connectivity index (χ4v) is 2.95. The van der Waals surface area contributed by atoms with Crippen LogP contribution in [0.2, 0.25) is 0 Å². The monoisotopic (exact) mass is 339 g/mol. The number of hydrogen-bond acceptors (Lipinski definition) is 4. The molecule has 0 aliphatic rings. The van der Waals surface area contributed by atoms with Crippen molar-refractivity contribution in [3.63, 3.8) is 0 Å². The van der Waals surface area contributed by atoms with Crippen molar-refractivity contribution in [3.05, 3.63) is 47.8 Å². The highest BCUT2D eigenvalue weighted by atomic mass is 16.5. The Bertz CT molecular complexity index is 982. The number of benzene rings is 1. The lowest BCUT2D eigenvalue weighted by molar-refractivity contribution is -0.703. The van der Waals surface area contributed by atoms with Gasteiger partial charge in [-0.2, -0.15) is 4.57 Å². The zero-order valence-corrected chi connectivity index (χ0v) is 14.2. The number of hydrogen-bond donors (Lipinski definition) is 1. The molecule has 0 saturated carbocycles. The predicted octanol–water partition coefficient (Wildman–Crippen LogP) is 2.66. The number of carbonyl (C=O) groups is 2. The zero-order chi connectivity index (χ0) is 18.0. The third-order valence-electron chi connectivity index (χ3n) is 4.38. The maximum absolute atomic E-state index is 11.7. The smallest absolute Gasteiger partial charge is 0.311 e. The summed E-state index contributed by atoms with van der Waals surface area (Å²) in [6, 6.07) is 7.85. The lowest BCUT2D eigenvalue weighted by Gasteiger charge is -2.10. The summed E-state index contributed by atoms with van der Waals surface area (Å²) in [4.78, 5) is 26.8. The van der Waals surface area contributed by atoms with Crippen LogP contribution < -0.4 is 4.57 Å². The number of aryl methyl sites for hydroxylation is 2. The third-order valence-corrected chi connectivity index (χ3v) is 4.38. The van der Waals surface area contributed by atoms with Crippen molar-refractivity contribution in [2.75, 3.05) is 0 Å². The van der Waals surface area contributed by atoms with Crippen LogP contribution in [0.15, 0.2) is 36.7 Å². The molecule has 0 spiro atoms. The van der Waals surface area contributed by atoms with Crippen LogP contribution in [0.4, 0.5) is 0 Å². The highest BCUT2D eigenvalue weighted by molar-refractivity contribution is 6.04. The first-order valence-corrected chi connectivity index (χ1v) is 8.02. The molecule has 0 radical (unpaired) electrons. The summed E-state index contributed by atoms with van der Waals surface area (Å²) in [5.74, 6) is -1.55. The molecule has 1 aromatic carbocycles. The van der Waals surface area contributed by atoms with Gasteiger partial charge in [-0.15, -0.1) is 0 Å². The molecule has 3 aromatic rings. The van der Waals surface area contributed by atoms with Gasteiger partial charge in [0.25, 0.3) is 6.73 Å². The van der Waals surface area contributed by atoms with Gasteiger partial charge < -0.3 is 9.84 Å². The minimum atomic E-state index is -1.02. The normalized spacial score (nSPS) is 11.0. The van der Waals surface area contributed by atoms with E-state index in [-0.39, 0.29) is 19.6 Å². The fourth-order valence-electron chi connectivity index (χ4n) is 2.95. The Morgan fingerprint density at radius 3 is 2.60 bits per heavy atom. The van der Waals surface area contributed by atoms with Gasteiger partial charge in [-0.05, 0) is 37.1 Å². The van der Waals surface area contributed by atoms with Crippen molar-refractivity contribution < 1.29 is 24.0 Å². The lowest BCUT2D eigenvalue weighted by Crippen LogP contribution is -2.37. The van der Waals surface area contributed by atoms with Crippen molar-refractivity contribution in [1.82, 2.24) is 4.98 Å². The predicted molar refractivity (Wildman–Crippen MR) is 91.9 cm³/mol. The Kier molecular flexibility index (Phi) is 4.61. The summed E-state index contributed by atoms with van der Waals surface area (Å²) in [5, 5.41) is 10.8. The van der Waals surface area contributed by atoms with Crippen molar-refractivity contribution in [1.29, 1.82) is 0 Å². The molecule has 0 amide bonds. The first-order chi connectivity index (χ1) is 12.0. The number of nitrogens with zero attached hydrogens (tertiary/aromatic N) is 2. The van der Waals surface area contributed by atoms with E-state index in [0.717, 1.165) is 27.4 Å². The first-order valence-electron chi connectivity index (χ1n) is 8.02. The third kappa shape index (κ3) is 3.28. The van der Waals surface area contributed by atoms with E-state index in [1.54, 1.807) is 6.20 Å². The molecule has 1 N–H and O–H groups in total. The SMILES string of the molecule is Cc1c(C)c2ccc[n+](COC(=O)CCC(=O)O)c2c2ncccc12. The van der Waals surface area contributed by atoms with Gasteiger partial charge in [-0.25, -0.2) is 4.98 Å². The van der Waals surface area contributed by atoms with E-state index in [2.05, 4.69) is 18.8 Å². The summed E-state index contributed by atoms with van der Waals surface area (Å²) >= 11 is 0. The highest BCUT2D eigenvalue weighted by Crippen LogP contribution is 2.28. The quantitative estimate of drug-likeness (QED) is 0.439. The Morgan fingerprint density at radius 1 is 1.12 bits per heavy atom. The largest absolute Gasteiger partial charge is 0.481 e. The van der Waals surface area contributed by atoms with Gasteiger partial charge in [-0.1, -0.05) is 6.07 Å². The van der Waals surface area contributed by atoms with Crippen molar-refractivity contribution >= 4 is 33.7 Å². The number of fused-ring (bicyclic) bond motifs is 3. The first kappa shape index (κ1) is 16.8. The van der Waals surface area contributed by atoms with Gasteiger partial charge >= 0.3 is 11.9 Å². The molecule has 128 valence electrons. The Labute approximate surface area is 144 Å². The molecule has 25 heavy (non-hydrogen) atoms.